The van der Waals surface area contributed by atoms with E-state index in [0.29, 0.717) is 32.4 Å². The van der Waals surface area contributed by atoms with Gasteiger partial charge in [-0.25, -0.2) is 4.79 Å². The molecule has 4 aromatic rings. The number of esters is 1. The maximum Gasteiger partial charge on any atom is 0.338 e. The van der Waals surface area contributed by atoms with E-state index < -0.39 is 23.9 Å². The summed E-state index contributed by atoms with van der Waals surface area (Å²) in [4.78, 5) is 37.5. The van der Waals surface area contributed by atoms with Crippen molar-refractivity contribution in [2.75, 3.05) is 18.5 Å². The number of halogens is 2. The van der Waals surface area contributed by atoms with Crippen molar-refractivity contribution in [1.82, 2.24) is 0 Å². The van der Waals surface area contributed by atoms with Gasteiger partial charge in [-0.05, 0) is 73.7 Å². The lowest BCUT2D eigenvalue weighted by Gasteiger charge is -2.12. The number of fused-ring (bicyclic) bond motifs is 1. The Morgan fingerprint density at radius 2 is 1.63 bits per heavy atom. The van der Waals surface area contributed by atoms with Gasteiger partial charge in [-0.15, -0.1) is 0 Å². The molecule has 0 aliphatic carbocycles. The van der Waals surface area contributed by atoms with Crippen molar-refractivity contribution in [3.63, 3.8) is 0 Å². The van der Waals surface area contributed by atoms with Gasteiger partial charge in [0, 0.05) is 21.3 Å². The number of carbonyl (C=O) groups excluding carboxylic acids is 2. The number of amides is 1. The van der Waals surface area contributed by atoms with Gasteiger partial charge in [-0.3, -0.25) is 9.59 Å². The number of hydrogen-bond donors (Lipinski definition) is 1. The van der Waals surface area contributed by atoms with Crippen molar-refractivity contribution in [3.05, 3.63) is 92.6 Å². The fourth-order valence-electron chi connectivity index (χ4n) is 3.31. The van der Waals surface area contributed by atoms with Crippen LogP contribution in [0.4, 0.5) is 5.69 Å². The first-order valence-electron chi connectivity index (χ1n) is 10.6. The first-order valence-corrected chi connectivity index (χ1v) is 11.3. The maximum absolute atomic E-state index is 13.2. The van der Waals surface area contributed by atoms with Crippen LogP contribution >= 0.6 is 23.2 Å². The standard InChI is InChI=1S/C26H19Cl2NO6/c1-2-33-26(32)16-5-10-19(11-6-16)29-22(30)14-34-25-23(31)20-13-18(28)9-12-21(20)35-24(25)15-3-7-17(27)8-4-15/h3-13H,2,14H2,1H3,(H,29,30). The number of anilines is 1. The molecule has 0 bridgehead atoms. The van der Waals surface area contributed by atoms with Gasteiger partial charge in [0.05, 0.1) is 17.6 Å². The van der Waals surface area contributed by atoms with Crippen LogP contribution in [0.25, 0.3) is 22.3 Å². The van der Waals surface area contributed by atoms with Crippen molar-refractivity contribution in [3.8, 4) is 17.1 Å². The molecule has 0 aliphatic rings. The third-order valence-corrected chi connectivity index (χ3v) is 5.43. The molecule has 0 atom stereocenters. The molecule has 1 aromatic heterocycles. The van der Waals surface area contributed by atoms with Crippen LogP contribution in [0.15, 0.2) is 75.9 Å². The van der Waals surface area contributed by atoms with Crippen LogP contribution in [-0.2, 0) is 9.53 Å². The molecule has 0 aliphatic heterocycles. The van der Waals surface area contributed by atoms with Gasteiger partial charge in [0.1, 0.15) is 5.58 Å². The van der Waals surface area contributed by atoms with Crippen LogP contribution in [0.2, 0.25) is 10.0 Å². The maximum atomic E-state index is 13.2. The predicted molar refractivity (Wildman–Crippen MR) is 134 cm³/mol. The van der Waals surface area contributed by atoms with E-state index in [9.17, 15) is 14.4 Å². The van der Waals surface area contributed by atoms with Gasteiger partial charge in [-0.1, -0.05) is 23.2 Å². The molecule has 0 fully saturated rings. The number of nitrogens with one attached hydrogen (secondary N) is 1. The topological polar surface area (TPSA) is 94.8 Å². The fourth-order valence-corrected chi connectivity index (χ4v) is 3.61. The molecule has 7 nitrogen and oxygen atoms in total. The Morgan fingerprint density at radius 3 is 2.31 bits per heavy atom. The van der Waals surface area contributed by atoms with E-state index in [4.69, 9.17) is 37.1 Å². The van der Waals surface area contributed by atoms with Crippen molar-refractivity contribution >= 4 is 51.7 Å². The first-order chi connectivity index (χ1) is 16.9. The normalized spacial score (nSPS) is 10.7. The summed E-state index contributed by atoms with van der Waals surface area (Å²) in [5.41, 5.74) is 1.21. The summed E-state index contributed by atoms with van der Waals surface area (Å²) in [5, 5.41) is 3.75. The van der Waals surface area contributed by atoms with E-state index >= 15 is 0 Å². The molecule has 178 valence electrons. The van der Waals surface area contributed by atoms with Crippen molar-refractivity contribution in [2.24, 2.45) is 0 Å². The molecule has 9 heteroatoms. The third kappa shape index (κ3) is 5.65. The van der Waals surface area contributed by atoms with Gasteiger partial charge in [0.2, 0.25) is 11.2 Å². The molecule has 0 spiro atoms. The molecule has 0 radical (unpaired) electrons. The minimum atomic E-state index is -0.512. The summed E-state index contributed by atoms with van der Waals surface area (Å²) in [6.45, 7) is 1.52. The van der Waals surface area contributed by atoms with Crippen LogP contribution in [0.5, 0.6) is 5.75 Å². The summed E-state index contributed by atoms with van der Waals surface area (Å²) in [6, 6.07) is 17.6. The van der Waals surface area contributed by atoms with Gasteiger partial charge in [-0.2, -0.15) is 0 Å². The minimum absolute atomic E-state index is 0.130. The van der Waals surface area contributed by atoms with Gasteiger partial charge < -0.3 is 19.2 Å². The van der Waals surface area contributed by atoms with E-state index in [1.807, 2.05) is 0 Å². The Balaban J connectivity index is 1.58. The second-order valence-electron chi connectivity index (χ2n) is 7.37. The van der Waals surface area contributed by atoms with E-state index in [1.165, 1.54) is 18.2 Å². The Bertz CT molecular complexity index is 1450. The van der Waals surface area contributed by atoms with Gasteiger partial charge in [0.25, 0.3) is 5.91 Å². The molecule has 1 amide bonds. The largest absolute Gasteiger partial charge is 0.476 e. The fraction of sp³-hybridized carbons (Fsp3) is 0.115. The van der Waals surface area contributed by atoms with Gasteiger partial charge >= 0.3 is 5.97 Å². The van der Waals surface area contributed by atoms with E-state index in [0.717, 1.165) is 0 Å². The average molecular weight is 512 g/mol. The molecule has 3 aromatic carbocycles. The molecule has 0 saturated carbocycles. The summed E-state index contributed by atoms with van der Waals surface area (Å²) in [7, 11) is 0. The minimum Gasteiger partial charge on any atom is -0.476 e. The molecule has 35 heavy (non-hydrogen) atoms. The molecular formula is C26H19Cl2NO6. The zero-order chi connectivity index (χ0) is 24.9. The molecular weight excluding hydrogens is 493 g/mol. The van der Waals surface area contributed by atoms with Crippen LogP contribution < -0.4 is 15.5 Å². The lowest BCUT2D eigenvalue weighted by molar-refractivity contribution is -0.118. The number of rotatable bonds is 7. The number of hydrogen-bond acceptors (Lipinski definition) is 6. The van der Waals surface area contributed by atoms with E-state index in [-0.39, 0.29) is 23.5 Å². The Morgan fingerprint density at radius 1 is 0.943 bits per heavy atom. The quantitative estimate of drug-likeness (QED) is 0.307. The van der Waals surface area contributed by atoms with Crippen LogP contribution in [-0.4, -0.2) is 25.1 Å². The third-order valence-electron chi connectivity index (χ3n) is 4.94. The van der Waals surface area contributed by atoms with Crippen molar-refractivity contribution in [2.45, 2.75) is 6.92 Å². The molecule has 1 N–H and O–H groups in total. The SMILES string of the molecule is CCOC(=O)c1ccc(NC(=O)COc2c(-c3ccc(Cl)cc3)oc3ccc(Cl)cc3c2=O)cc1. The van der Waals surface area contributed by atoms with E-state index in [2.05, 4.69) is 5.32 Å². The second-order valence-corrected chi connectivity index (χ2v) is 8.24. The highest BCUT2D eigenvalue weighted by Crippen LogP contribution is 2.32. The predicted octanol–water partition coefficient (Wildman–Crippen LogP) is 5.96. The first kappa shape index (κ1) is 24.3. The Hall–Kier alpha value is -3.81. The second kappa shape index (κ2) is 10.6. The van der Waals surface area contributed by atoms with Crippen LogP contribution in [0.3, 0.4) is 0 Å². The number of ether oxygens (including phenoxy) is 2. The highest BCUT2D eigenvalue weighted by atomic mass is 35.5. The van der Waals surface area contributed by atoms with Crippen molar-refractivity contribution < 1.29 is 23.5 Å². The molecule has 0 saturated heterocycles. The molecule has 4 rings (SSSR count). The average Bonchev–Trinajstić information content (AvgIpc) is 2.85. The number of benzene rings is 3. The molecule has 0 unspecified atom stereocenters. The zero-order valence-electron chi connectivity index (χ0n) is 18.5. The summed E-state index contributed by atoms with van der Waals surface area (Å²) >= 11 is 12.0. The summed E-state index contributed by atoms with van der Waals surface area (Å²) in [5.74, 6) is -0.934. The monoisotopic (exact) mass is 511 g/mol. The van der Waals surface area contributed by atoms with Crippen molar-refractivity contribution in [1.29, 1.82) is 0 Å². The smallest absolute Gasteiger partial charge is 0.338 e. The highest BCUT2D eigenvalue weighted by molar-refractivity contribution is 6.31. The number of carbonyl (C=O) groups is 2. The van der Waals surface area contributed by atoms with E-state index in [1.54, 1.807) is 55.5 Å². The lowest BCUT2D eigenvalue weighted by atomic mass is 10.1. The van der Waals surface area contributed by atoms with Gasteiger partial charge in [0.15, 0.2) is 12.4 Å². The highest BCUT2D eigenvalue weighted by Gasteiger charge is 2.19. The lowest BCUT2D eigenvalue weighted by Crippen LogP contribution is -2.22. The van der Waals surface area contributed by atoms with Crippen LogP contribution in [0.1, 0.15) is 17.3 Å². The zero-order valence-corrected chi connectivity index (χ0v) is 20.0. The summed E-state index contributed by atoms with van der Waals surface area (Å²) < 4.78 is 16.6. The molecule has 1 heterocycles. The Kier molecular flexibility index (Phi) is 7.39. The summed E-state index contributed by atoms with van der Waals surface area (Å²) in [6.07, 6.45) is 0. The Labute approximate surface area is 210 Å². The van der Waals surface area contributed by atoms with Crippen LogP contribution in [0, 0.1) is 0 Å².